The van der Waals surface area contributed by atoms with Crippen LogP contribution in [-0.4, -0.2) is 33.1 Å². The predicted octanol–water partition coefficient (Wildman–Crippen LogP) is 1.14. The Morgan fingerprint density at radius 3 is 2.70 bits per heavy atom. The maximum atomic E-state index is 12.7. The molecule has 1 unspecified atom stereocenters. The summed E-state index contributed by atoms with van der Waals surface area (Å²) in [5.74, 6) is -1.29. The molecule has 0 aliphatic carbocycles. The number of piperidine rings is 1. The van der Waals surface area contributed by atoms with Gasteiger partial charge in [0, 0.05) is 12.5 Å². The molecule has 1 N–H and O–H groups in total. The molecule has 3 amide bonds. The highest BCUT2D eigenvalue weighted by molar-refractivity contribution is 6.07. The zero-order valence-electron chi connectivity index (χ0n) is 12.5. The lowest BCUT2D eigenvalue weighted by Gasteiger charge is -2.41. The van der Waals surface area contributed by atoms with Crippen molar-refractivity contribution in [3.05, 3.63) is 39.4 Å². The number of amides is 3. The molecule has 1 saturated heterocycles. The third-order valence-electron chi connectivity index (χ3n) is 4.68. The van der Waals surface area contributed by atoms with Gasteiger partial charge in [0.15, 0.2) is 0 Å². The minimum absolute atomic E-state index is 0.000764. The molecule has 2 aliphatic heterocycles. The van der Waals surface area contributed by atoms with E-state index in [0.717, 1.165) is 0 Å². The van der Waals surface area contributed by atoms with Gasteiger partial charge in [0.1, 0.15) is 5.54 Å². The average molecular weight is 317 g/mol. The summed E-state index contributed by atoms with van der Waals surface area (Å²) in [5, 5.41) is 13.4. The molecule has 1 aromatic carbocycles. The van der Waals surface area contributed by atoms with Crippen LogP contribution >= 0.6 is 0 Å². The van der Waals surface area contributed by atoms with Gasteiger partial charge in [-0.15, -0.1) is 0 Å². The number of carbonyl (C=O) groups excluding carboxylic acids is 3. The fraction of sp³-hybridized carbons (Fsp3) is 0.400. The fourth-order valence-electron chi connectivity index (χ4n) is 3.36. The van der Waals surface area contributed by atoms with Crippen molar-refractivity contribution >= 4 is 23.4 Å². The molecule has 0 radical (unpaired) electrons. The molecule has 0 saturated carbocycles. The Morgan fingerprint density at radius 2 is 2.09 bits per heavy atom. The first-order chi connectivity index (χ1) is 10.9. The van der Waals surface area contributed by atoms with Gasteiger partial charge in [-0.05, 0) is 18.9 Å². The standard InChI is InChI=1S/C15H15N3O5/c1-2-15(7-6-12(19)16-14(15)21)17-8-10-9(13(17)20)4-3-5-11(10)18(22)23/h3-5H,2,6-8H2,1H3,(H,16,19,21). The number of benzene rings is 1. The smallest absolute Gasteiger partial charge is 0.275 e. The molecular formula is C15H15N3O5. The highest BCUT2D eigenvalue weighted by Crippen LogP contribution is 2.39. The molecule has 2 heterocycles. The van der Waals surface area contributed by atoms with Crippen LogP contribution < -0.4 is 5.32 Å². The summed E-state index contributed by atoms with van der Waals surface area (Å²) in [6, 6.07) is 4.33. The number of nitro benzene ring substituents is 1. The van der Waals surface area contributed by atoms with Crippen LogP contribution in [0.1, 0.15) is 42.1 Å². The summed E-state index contributed by atoms with van der Waals surface area (Å²) in [6.45, 7) is 1.76. The normalized spacial score (nSPS) is 23.7. The second kappa shape index (κ2) is 5.15. The zero-order valence-corrected chi connectivity index (χ0v) is 12.5. The van der Waals surface area contributed by atoms with E-state index in [-0.39, 0.29) is 36.5 Å². The van der Waals surface area contributed by atoms with E-state index in [9.17, 15) is 24.5 Å². The van der Waals surface area contributed by atoms with E-state index in [1.807, 2.05) is 0 Å². The van der Waals surface area contributed by atoms with Crippen molar-refractivity contribution in [2.75, 3.05) is 0 Å². The summed E-state index contributed by atoms with van der Waals surface area (Å²) in [5.41, 5.74) is -0.702. The number of hydrogen-bond donors (Lipinski definition) is 1. The average Bonchev–Trinajstić information content (AvgIpc) is 2.86. The van der Waals surface area contributed by atoms with E-state index in [2.05, 4.69) is 5.32 Å². The summed E-state index contributed by atoms with van der Waals surface area (Å²) in [4.78, 5) is 48.5. The van der Waals surface area contributed by atoms with Crippen molar-refractivity contribution in [3.63, 3.8) is 0 Å². The zero-order chi connectivity index (χ0) is 16.8. The Hall–Kier alpha value is -2.77. The van der Waals surface area contributed by atoms with Crippen LogP contribution in [0.15, 0.2) is 18.2 Å². The molecule has 2 aliphatic rings. The number of nitro groups is 1. The monoisotopic (exact) mass is 317 g/mol. The second-order valence-electron chi connectivity index (χ2n) is 5.71. The van der Waals surface area contributed by atoms with Crippen molar-refractivity contribution in [1.82, 2.24) is 10.2 Å². The quantitative estimate of drug-likeness (QED) is 0.510. The molecule has 23 heavy (non-hydrogen) atoms. The van der Waals surface area contributed by atoms with Gasteiger partial charge in [-0.1, -0.05) is 13.0 Å². The minimum atomic E-state index is -1.14. The van der Waals surface area contributed by atoms with Crippen LogP contribution in [0.4, 0.5) is 5.69 Å². The number of nitrogens with zero attached hydrogens (tertiary/aromatic N) is 2. The lowest BCUT2D eigenvalue weighted by molar-refractivity contribution is -0.385. The first-order valence-electron chi connectivity index (χ1n) is 7.33. The van der Waals surface area contributed by atoms with E-state index < -0.39 is 22.3 Å². The lowest BCUT2D eigenvalue weighted by atomic mass is 9.84. The van der Waals surface area contributed by atoms with Crippen LogP contribution in [-0.2, 0) is 16.1 Å². The van der Waals surface area contributed by atoms with Crippen LogP contribution in [0.5, 0.6) is 0 Å². The molecule has 1 atom stereocenters. The SMILES string of the molecule is CCC1(N2Cc3c(cccc3[N+](=O)[O-])C2=O)CCC(=O)NC1=O. The van der Waals surface area contributed by atoms with Crippen molar-refractivity contribution < 1.29 is 19.3 Å². The van der Waals surface area contributed by atoms with Crippen molar-refractivity contribution in [3.8, 4) is 0 Å². The number of imide groups is 1. The molecule has 120 valence electrons. The van der Waals surface area contributed by atoms with Crippen LogP contribution in [0, 0.1) is 10.1 Å². The van der Waals surface area contributed by atoms with Gasteiger partial charge in [0.05, 0.1) is 22.6 Å². The highest BCUT2D eigenvalue weighted by atomic mass is 16.6. The van der Waals surface area contributed by atoms with Crippen molar-refractivity contribution in [1.29, 1.82) is 0 Å². The second-order valence-corrected chi connectivity index (χ2v) is 5.71. The van der Waals surface area contributed by atoms with Gasteiger partial charge >= 0.3 is 0 Å². The maximum Gasteiger partial charge on any atom is 0.275 e. The number of nitrogens with one attached hydrogen (secondary N) is 1. The number of carbonyl (C=O) groups is 3. The first-order valence-corrected chi connectivity index (χ1v) is 7.33. The maximum absolute atomic E-state index is 12.7. The van der Waals surface area contributed by atoms with Crippen molar-refractivity contribution in [2.45, 2.75) is 38.3 Å². The molecule has 8 heteroatoms. The van der Waals surface area contributed by atoms with E-state index in [1.54, 1.807) is 6.92 Å². The third kappa shape index (κ3) is 2.09. The highest BCUT2D eigenvalue weighted by Gasteiger charge is 2.51. The van der Waals surface area contributed by atoms with Crippen LogP contribution in [0.2, 0.25) is 0 Å². The van der Waals surface area contributed by atoms with Gasteiger partial charge in [0.2, 0.25) is 5.91 Å². The largest absolute Gasteiger partial charge is 0.319 e. The number of fused-ring (bicyclic) bond motifs is 1. The third-order valence-corrected chi connectivity index (χ3v) is 4.68. The van der Waals surface area contributed by atoms with E-state index in [0.29, 0.717) is 12.0 Å². The summed E-state index contributed by atoms with van der Waals surface area (Å²) in [7, 11) is 0. The topological polar surface area (TPSA) is 110 Å². The Kier molecular flexibility index (Phi) is 3.39. The van der Waals surface area contributed by atoms with E-state index in [4.69, 9.17) is 0 Å². The molecule has 0 bridgehead atoms. The molecule has 1 fully saturated rings. The lowest BCUT2D eigenvalue weighted by Crippen LogP contribution is -2.62. The minimum Gasteiger partial charge on any atom is -0.319 e. The van der Waals surface area contributed by atoms with Gasteiger partial charge in [-0.25, -0.2) is 0 Å². The van der Waals surface area contributed by atoms with Gasteiger partial charge < -0.3 is 4.90 Å². The van der Waals surface area contributed by atoms with Crippen LogP contribution in [0.3, 0.4) is 0 Å². The molecule has 8 nitrogen and oxygen atoms in total. The molecular weight excluding hydrogens is 302 g/mol. The van der Waals surface area contributed by atoms with Gasteiger partial charge in [-0.2, -0.15) is 0 Å². The predicted molar refractivity (Wildman–Crippen MR) is 78.4 cm³/mol. The molecule has 1 aromatic rings. The summed E-state index contributed by atoms with van der Waals surface area (Å²) >= 11 is 0. The van der Waals surface area contributed by atoms with E-state index in [1.165, 1.54) is 23.1 Å². The molecule has 3 rings (SSSR count). The van der Waals surface area contributed by atoms with Gasteiger partial charge in [0.25, 0.3) is 17.5 Å². The Labute approximate surface area is 131 Å². The Morgan fingerprint density at radius 1 is 1.35 bits per heavy atom. The summed E-state index contributed by atoms with van der Waals surface area (Å²) in [6.07, 6.45) is 0.698. The number of rotatable bonds is 3. The Bertz CT molecular complexity index is 745. The Balaban J connectivity index is 2.04. The summed E-state index contributed by atoms with van der Waals surface area (Å²) < 4.78 is 0. The van der Waals surface area contributed by atoms with E-state index >= 15 is 0 Å². The van der Waals surface area contributed by atoms with Crippen molar-refractivity contribution in [2.24, 2.45) is 0 Å². The number of hydrogen-bond acceptors (Lipinski definition) is 5. The molecule has 0 spiro atoms. The van der Waals surface area contributed by atoms with Crippen LogP contribution in [0.25, 0.3) is 0 Å². The first kappa shape index (κ1) is 15.1. The molecule has 0 aromatic heterocycles. The van der Waals surface area contributed by atoms with Gasteiger partial charge in [-0.3, -0.25) is 29.8 Å². The fourth-order valence-corrected chi connectivity index (χ4v) is 3.36.